The van der Waals surface area contributed by atoms with Crippen LogP contribution in [0, 0.1) is 5.92 Å². The lowest BCUT2D eigenvalue weighted by Crippen LogP contribution is -2.21. The van der Waals surface area contributed by atoms with Gasteiger partial charge in [-0.2, -0.15) is 0 Å². The zero-order chi connectivity index (χ0) is 17.6. The van der Waals surface area contributed by atoms with Crippen molar-refractivity contribution in [1.29, 1.82) is 0 Å². The van der Waals surface area contributed by atoms with E-state index in [-0.39, 0.29) is 5.41 Å². The molecule has 0 aliphatic heterocycles. The minimum Gasteiger partial charge on any atom is -0.345 e. The smallest absolute Gasteiger partial charge is 0.109 e. The van der Waals surface area contributed by atoms with Crippen molar-refractivity contribution in [2.24, 2.45) is 5.92 Å². The van der Waals surface area contributed by atoms with Crippen molar-refractivity contribution in [3.63, 3.8) is 0 Å². The summed E-state index contributed by atoms with van der Waals surface area (Å²) in [5.41, 5.74) is 2.88. The fourth-order valence-corrected chi connectivity index (χ4v) is 3.32. The molecular formula is C21H40N2. The van der Waals surface area contributed by atoms with Crippen LogP contribution in [0.4, 0.5) is 0 Å². The quantitative estimate of drug-likeness (QED) is 0.465. The molecule has 0 fully saturated rings. The Kier molecular flexibility index (Phi) is 7.83. The molecule has 134 valence electrons. The highest BCUT2D eigenvalue weighted by Gasteiger charge is 2.30. The highest BCUT2D eigenvalue weighted by atomic mass is 15.0. The van der Waals surface area contributed by atoms with Crippen LogP contribution in [0.2, 0.25) is 0 Å². The van der Waals surface area contributed by atoms with Crippen LogP contribution < -0.4 is 0 Å². The molecule has 0 spiro atoms. The average molecular weight is 321 g/mol. The van der Waals surface area contributed by atoms with Crippen molar-refractivity contribution >= 4 is 0 Å². The summed E-state index contributed by atoms with van der Waals surface area (Å²) < 4.78 is 0. The van der Waals surface area contributed by atoms with E-state index in [4.69, 9.17) is 4.98 Å². The van der Waals surface area contributed by atoms with Crippen LogP contribution in [0.25, 0.3) is 0 Å². The second-order valence-corrected chi connectivity index (χ2v) is 8.45. The van der Waals surface area contributed by atoms with Gasteiger partial charge in [-0.05, 0) is 18.8 Å². The fourth-order valence-electron chi connectivity index (χ4n) is 3.32. The summed E-state index contributed by atoms with van der Waals surface area (Å²) in [5, 5.41) is 0. The van der Waals surface area contributed by atoms with Gasteiger partial charge in [0.25, 0.3) is 0 Å². The highest BCUT2D eigenvalue weighted by molar-refractivity contribution is 5.27. The molecule has 2 atom stereocenters. The third-order valence-corrected chi connectivity index (χ3v) is 5.44. The number of H-pyrrole nitrogens is 1. The van der Waals surface area contributed by atoms with Crippen LogP contribution in [0.15, 0.2) is 0 Å². The van der Waals surface area contributed by atoms with Crippen LogP contribution in [-0.2, 0) is 5.41 Å². The fraction of sp³-hybridized carbons (Fsp3) is 0.857. The summed E-state index contributed by atoms with van der Waals surface area (Å²) in [5.74, 6) is 2.90. The Bertz CT molecular complexity index is 456. The number of aromatic nitrogens is 2. The lowest BCUT2D eigenvalue weighted by atomic mass is 9.79. The topological polar surface area (TPSA) is 28.7 Å². The molecule has 0 saturated carbocycles. The van der Waals surface area contributed by atoms with Crippen molar-refractivity contribution in [1.82, 2.24) is 9.97 Å². The third kappa shape index (κ3) is 5.36. The molecule has 0 saturated heterocycles. The Morgan fingerprint density at radius 1 is 1.00 bits per heavy atom. The van der Waals surface area contributed by atoms with Gasteiger partial charge in [0.15, 0.2) is 0 Å². The molecular weight excluding hydrogens is 280 g/mol. The van der Waals surface area contributed by atoms with E-state index in [0.29, 0.717) is 17.8 Å². The number of rotatable bonds is 10. The van der Waals surface area contributed by atoms with Gasteiger partial charge in [0.05, 0.1) is 5.69 Å². The Labute approximate surface area is 144 Å². The molecule has 2 unspecified atom stereocenters. The number of imidazole rings is 1. The average Bonchev–Trinajstić information content (AvgIpc) is 2.92. The van der Waals surface area contributed by atoms with E-state index in [1.165, 1.54) is 55.7 Å². The number of nitrogens with zero attached hydrogens (tertiary/aromatic N) is 1. The van der Waals surface area contributed by atoms with Crippen molar-refractivity contribution in [2.75, 3.05) is 0 Å². The first-order valence-corrected chi connectivity index (χ1v) is 9.84. The maximum Gasteiger partial charge on any atom is 0.109 e. The third-order valence-electron chi connectivity index (χ3n) is 5.44. The molecule has 23 heavy (non-hydrogen) atoms. The maximum atomic E-state index is 5.13. The summed E-state index contributed by atoms with van der Waals surface area (Å²) in [4.78, 5) is 8.86. The largest absolute Gasteiger partial charge is 0.345 e. The second-order valence-electron chi connectivity index (χ2n) is 8.45. The Morgan fingerprint density at radius 3 is 2.17 bits per heavy atom. The Morgan fingerprint density at radius 2 is 1.65 bits per heavy atom. The van der Waals surface area contributed by atoms with E-state index in [0.717, 1.165) is 0 Å². The molecule has 0 amide bonds. The van der Waals surface area contributed by atoms with Gasteiger partial charge in [0.1, 0.15) is 5.82 Å². The zero-order valence-electron chi connectivity index (χ0n) is 16.9. The molecule has 0 aliphatic carbocycles. The molecule has 1 aromatic rings. The van der Waals surface area contributed by atoms with Crippen molar-refractivity contribution in [2.45, 2.75) is 111 Å². The van der Waals surface area contributed by atoms with Crippen molar-refractivity contribution < 1.29 is 0 Å². The summed E-state index contributed by atoms with van der Waals surface area (Å²) in [6.07, 6.45) is 7.55. The SMILES string of the molecule is CCCCCC(C)(C)c1nc(C(C)CCC)[nH]c1C(C)C(C)C. The minimum atomic E-state index is 0.161. The standard InChI is InChI=1S/C21H40N2/c1-9-11-12-14-21(7,8)19-18(17(6)15(3)4)22-20(23-19)16(5)13-10-2/h15-17H,9-14H2,1-8H3,(H,22,23). The number of nitrogens with one attached hydrogen (secondary N) is 1. The molecule has 0 aliphatic rings. The monoisotopic (exact) mass is 320 g/mol. The highest BCUT2D eigenvalue weighted by Crippen LogP contribution is 2.37. The van der Waals surface area contributed by atoms with E-state index in [1.54, 1.807) is 0 Å². The first-order chi connectivity index (χ1) is 10.7. The van der Waals surface area contributed by atoms with Gasteiger partial charge >= 0.3 is 0 Å². The van der Waals surface area contributed by atoms with Crippen LogP contribution in [0.5, 0.6) is 0 Å². The minimum absolute atomic E-state index is 0.161. The number of hydrogen-bond donors (Lipinski definition) is 1. The van der Waals surface area contributed by atoms with Gasteiger partial charge < -0.3 is 4.98 Å². The summed E-state index contributed by atoms with van der Waals surface area (Å²) in [6, 6.07) is 0. The molecule has 1 N–H and O–H groups in total. The second kappa shape index (κ2) is 8.89. The van der Waals surface area contributed by atoms with Gasteiger partial charge in [-0.15, -0.1) is 0 Å². The van der Waals surface area contributed by atoms with E-state index >= 15 is 0 Å². The van der Waals surface area contributed by atoms with Gasteiger partial charge in [-0.3, -0.25) is 0 Å². The predicted molar refractivity (Wildman–Crippen MR) is 102 cm³/mol. The molecule has 0 aromatic carbocycles. The van der Waals surface area contributed by atoms with Gasteiger partial charge in [-0.25, -0.2) is 4.98 Å². The van der Waals surface area contributed by atoms with Gasteiger partial charge in [-0.1, -0.05) is 81.1 Å². The lowest BCUT2D eigenvalue weighted by molar-refractivity contribution is 0.425. The number of hydrogen-bond acceptors (Lipinski definition) is 1. The molecule has 1 rings (SSSR count). The van der Waals surface area contributed by atoms with Crippen molar-refractivity contribution in [3.05, 3.63) is 17.2 Å². The molecule has 1 heterocycles. The first kappa shape index (κ1) is 20.3. The summed E-state index contributed by atoms with van der Waals surface area (Å²) in [6.45, 7) is 18.6. The van der Waals surface area contributed by atoms with Crippen molar-refractivity contribution in [3.8, 4) is 0 Å². The summed E-state index contributed by atoms with van der Waals surface area (Å²) >= 11 is 0. The van der Waals surface area contributed by atoms with Gasteiger partial charge in [0, 0.05) is 22.9 Å². The lowest BCUT2D eigenvalue weighted by Gasteiger charge is -2.26. The van der Waals surface area contributed by atoms with Crippen LogP contribution in [0.3, 0.4) is 0 Å². The molecule has 1 aromatic heterocycles. The van der Waals surface area contributed by atoms with E-state index in [2.05, 4.69) is 60.4 Å². The Hall–Kier alpha value is -0.790. The molecule has 0 radical (unpaired) electrons. The first-order valence-electron chi connectivity index (χ1n) is 9.84. The predicted octanol–water partition coefficient (Wildman–Crippen LogP) is 6.93. The van der Waals surface area contributed by atoms with E-state index in [1.807, 2.05) is 0 Å². The number of aromatic amines is 1. The van der Waals surface area contributed by atoms with Crippen LogP contribution >= 0.6 is 0 Å². The van der Waals surface area contributed by atoms with Gasteiger partial charge in [0.2, 0.25) is 0 Å². The van der Waals surface area contributed by atoms with Crippen LogP contribution in [-0.4, -0.2) is 9.97 Å². The zero-order valence-corrected chi connectivity index (χ0v) is 16.9. The normalized spacial score (nSPS) is 15.2. The van der Waals surface area contributed by atoms with Crippen LogP contribution in [0.1, 0.15) is 123 Å². The maximum absolute atomic E-state index is 5.13. The molecule has 0 bridgehead atoms. The molecule has 2 heteroatoms. The van der Waals surface area contributed by atoms with E-state index < -0.39 is 0 Å². The van der Waals surface area contributed by atoms with E-state index in [9.17, 15) is 0 Å². The number of unbranched alkanes of at least 4 members (excludes halogenated alkanes) is 2. The molecule has 2 nitrogen and oxygen atoms in total. The summed E-state index contributed by atoms with van der Waals surface area (Å²) in [7, 11) is 0. The Balaban J connectivity index is 3.15.